The van der Waals surface area contributed by atoms with Crippen LogP contribution in [0.25, 0.3) is 99.8 Å². The Kier molecular flexibility index (Phi) is 7.42. The van der Waals surface area contributed by atoms with Crippen molar-refractivity contribution < 1.29 is 41.9 Å². The number of hydrogen-bond acceptors (Lipinski definition) is 2. The number of pyridine rings is 1. The molecule has 0 atom stereocenters. The third kappa shape index (κ3) is 7.20. The molecule has 0 aliphatic rings. The summed E-state index contributed by atoms with van der Waals surface area (Å²) in [6, 6.07) is 40.6. The molecule has 0 saturated heterocycles. The number of hydrogen-bond donors (Lipinski definition) is 0. The van der Waals surface area contributed by atoms with Crippen molar-refractivity contribution in [2.45, 2.75) is 26.2 Å². The van der Waals surface area contributed by atoms with Crippen molar-refractivity contribution in [3.05, 3.63) is 240 Å². The van der Waals surface area contributed by atoms with Crippen molar-refractivity contribution >= 4 is 54.6 Å². The average molecular weight is 1110 g/mol. The van der Waals surface area contributed by atoms with Crippen LogP contribution < -0.4 is 4.74 Å². The Balaban J connectivity index is 1.10. The Morgan fingerprint density at radius 1 is 0.507 bits per heavy atom. The summed E-state index contributed by atoms with van der Waals surface area (Å²) in [7, 11) is 0. The van der Waals surface area contributed by atoms with E-state index in [4.69, 9.17) is 17.9 Å². The van der Waals surface area contributed by atoms with E-state index in [1.54, 1.807) is 57.8 Å². The normalized spacial score (nSPS) is 14.5. The van der Waals surface area contributed by atoms with E-state index in [-0.39, 0.29) is 54.3 Å². The van der Waals surface area contributed by atoms with Crippen molar-refractivity contribution in [2.24, 2.45) is 0 Å². The van der Waals surface area contributed by atoms with Crippen LogP contribution in [-0.2, 0) is 24.8 Å². The topological polar surface area (TPSA) is 41.8 Å². The molecular formula is C64H45N5OPt-2. The zero-order valence-electron chi connectivity index (χ0n) is 51.2. The molecule has 13 aromatic rings. The Bertz CT molecular complexity index is 4870. The van der Waals surface area contributed by atoms with Gasteiger partial charge in [0.05, 0.1) is 0 Å². The molecule has 4 heterocycles. The van der Waals surface area contributed by atoms with Crippen LogP contribution in [0.1, 0.15) is 44.2 Å². The van der Waals surface area contributed by atoms with Crippen LogP contribution in [0.3, 0.4) is 0 Å². The van der Waals surface area contributed by atoms with Gasteiger partial charge in [-0.05, 0) is 17.0 Å². The van der Waals surface area contributed by atoms with Crippen molar-refractivity contribution in [1.29, 1.82) is 0 Å². The van der Waals surface area contributed by atoms with Crippen molar-refractivity contribution in [1.82, 2.24) is 23.3 Å². The summed E-state index contributed by atoms with van der Waals surface area (Å²) >= 11 is 2.02. The van der Waals surface area contributed by atoms with E-state index in [1.165, 1.54) is 0 Å². The first kappa shape index (κ1) is 31.0. The van der Waals surface area contributed by atoms with Gasteiger partial charge in [-0.25, -0.2) is 0 Å². The second-order valence-electron chi connectivity index (χ2n) is 18.0. The maximum absolute atomic E-state index is 9.56. The number of rotatable bonds is 8. The van der Waals surface area contributed by atoms with Gasteiger partial charge in [-0.2, -0.15) is 0 Å². The van der Waals surface area contributed by atoms with Crippen LogP contribution in [0, 0.1) is 15.9 Å². The van der Waals surface area contributed by atoms with E-state index in [1.807, 2.05) is 119 Å². The van der Waals surface area contributed by atoms with Crippen LogP contribution in [0.4, 0.5) is 0 Å². The first-order chi connectivity index (χ1) is 40.2. The number of nitrogens with zero attached hydrogens (tertiary/aromatic N) is 5. The fourth-order valence-corrected chi connectivity index (χ4v) is 10.7. The van der Waals surface area contributed by atoms with Crippen molar-refractivity contribution in [3.63, 3.8) is 0 Å². The second kappa shape index (κ2) is 17.0. The predicted molar refractivity (Wildman–Crippen MR) is 286 cm³/mol. The average Bonchev–Trinajstić information content (AvgIpc) is 1.55. The van der Waals surface area contributed by atoms with Crippen LogP contribution >= 0.6 is 0 Å². The van der Waals surface area contributed by atoms with E-state index in [9.17, 15) is 9.60 Å². The molecule has 71 heavy (non-hydrogen) atoms. The molecule has 9 aromatic carbocycles. The molecule has 6 nitrogen and oxygen atoms in total. The molecule has 0 saturated carbocycles. The Morgan fingerprint density at radius 3 is 1.66 bits per heavy atom. The third-order valence-corrected chi connectivity index (χ3v) is 13.8. The van der Waals surface area contributed by atoms with Gasteiger partial charge in [0.1, 0.15) is 0 Å². The van der Waals surface area contributed by atoms with Crippen molar-refractivity contribution in [2.75, 3.05) is 0 Å². The van der Waals surface area contributed by atoms with E-state index in [0.29, 0.717) is 28.1 Å². The predicted octanol–water partition coefficient (Wildman–Crippen LogP) is 16.1. The quantitative estimate of drug-likeness (QED) is 0.142. The summed E-state index contributed by atoms with van der Waals surface area (Å²) in [4.78, 5) is 4.80. The molecule has 7 heteroatoms. The van der Waals surface area contributed by atoms with Crippen molar-refractivity contribution in [3.8, 4) is 56.6 Å². The molecule has 0 N–H and O–H groups in total. The summed E-state index contributed by atoms with van der Waals surface area (Å²) in [5.41, 5.74) is 4.66. The zero-order valence-corrected chi connectivity index (χ0v) is 40.5. The standard InChI is InChI=1S/C64H45N5O.Pt/c1-64(2,3)45-35-36-65-62(37-45)69-58-30-15-12-27-52(58)53-34-33-49(41-61(53)69)70-48-24-18-23-46(38-48)66-42-67(60-32-17-16-31-59(60)66)63-54(43-19-6-4-7-20-43)39-47(40-55(63)44-21-8-5-9-22-44)68-56-28-13-10-25-50(56)51-26-11-14-29-57(51)68;/h4-37,39-40H,1-3H3;/q-2;/i4D,5D,6D,7D,8D,9D,18D,19D,20D,21D,22D,23D,24D;. The van der Waals surface area contributed by atoms with E-state index in [2.05, 4.69) is 32.9 Å². The fraction of sp³-hybridized carbons (Fsp3) is 0.0625. The fourth-order valence-electron chi connectivity index (χ4n) is 9.65. The van der Waals surface area contributed by atoms with Gasteiger partial charge < -0.3 is 0 Å². The molecule has 0 bridgehead atoms. The van der Waals surface area contributed by atoms with Gasteiger partial charge in [-0.1, -0.05) is 32.9 Å². The molecule has 13 rings (SSSR count). The van der Waals surface area contributed by atoms with Gasteiger partial charge in [-0.15, -0.1) is 0 Å². The Hall–Kier alpha value is -8.31. The molecule has 344 valence electrons. The van der Waals surface area contributed by atoms with Crippen LogP contribution in [-0.4, -0.2) is 23.3 Å². The molecule has 0 spiro atoms. The molecule has 0 aliphatic carbocycles. The number of para-hydroxylation sites is 5. The molecule has 0 unspecified atom stereocenters. The SMILES string of the molecule is [2H]c1c(Oc2[c-]c3c(cc2)c2ccccc2n3-c2cc(C(C)(C)C)ccn2)[c-]c(-n2[c](=[Pt])n(-c3c(-c4c([2H])c([2H])c([2H])c([2H])c4[2H])cc(-n4c5ccccc5c5ccccc54)cc3-c3c([2H])c([2H])c([2H])c([2H])c3[2H])c3ccccc32)c([2H])c1[2H]. The monoisotopic (exact) mass is 1110 g/mol. The first-order valence-corrected chi connectivity index (χ1v) is 23.9. The van der Waals surface area contributed by atoms with E-state index >= 15 is 0 Å². The van der Waals surface area contributed by atoms with Crippen LogP contribution in [0.5, 0.6) is 11.5 Å². The molecule has 0 fully saturated rings. The number of ether oxygens (including phenoxy) is 1. The Morgan fingerprint density at radius 2 is 1.06 bits per heavy atom. The molecule has 4 aromatic heterocycles. The molecular weight excluding hydrogens is 1050 g/mol. The summed E-state index contributed by atoms with van der Waals surface area (Å²) in [6.45, 7) is 6.40. The Labute approximate surface area is 440 Å². The second-order valence-corrected chi connectivity index (χ2v) is 19.0. The van der Waals surface area contributed by atoms with Gasteiger partial charge in [0.25, 0.3) is 0 Å². The van der Waals surface area contributed by atoms with Gasteiger partial charge >= 0.3 is 386 Å². The van der Waals surface area contributed by atoms with Gasteiger partial charge in [0, 0.05) is 6.20 Å². The van der Waals surface area contributed by atoms with Gasteiger partial charge in [0.2, 0.25) is 0 Å². The summed E-state index contributed by atoms with van der Waals surface area (Å²) < 4.78 is 134. The summed E-state index contributed by atoms with van der Waals surface area (Å²) in [5, 5.41) is 3.56. The first-order valence-electron chi connectivity index (χ1n) is 29.3. The number of aromatic nitrogens is 5. The minimum absolute atomic E-state index is 0.0278. The molecule has 0 amide bonds. The van der Waals surface area contributed by atoms with Crippen LogP contribution in [0.2, 0.25) is 0 Å². The minimum atomic E-state index is -0.637. The number of benzene rings is 9. The van der Waals surface area contributed by atoms with Gasteiger partial charge in [-0.3, -0.25) is 0 Å². The van der Waals surface area contributed by atoms with E-state index < -0.39 is 78.6 Å². The zero-order chi connectivity index (χ0) is 59.1. The third-order valence-electron chi connectivity index (χ3n) is 12.8. The number of fused-ring (bicyclic) bond motifs is 7. The summed E-state index contributed by atoms with van der Waals surface area (Å²) in [6.07, 6.45) is 1.78. The summed E-state index contributed by atoms with van der Waals surface area (Å²) in [5.74, 6) is 0.647. The van der Waals surface area contributed by atoms with E-state index in [0.717, 1.165) is 43.7 Å². The number of imidazole rings is 1. The van der Waals surface area contributed by atoms with Gasteiger partial charge in [0.15, 0.2) is 0 Å². The van der Waals surface area contributed by atoms with Crippen LogP contribution in [0.15, 0.2) is 218 Å². The molecule has 0 aliphatic heterocycles. The maximum atomic E-state index is 9.56. The molecule has 0 radical (unpaired) electrons.